The molecule has 0 unspecified atom stereocenters. The summed E-state index contributed by atoms with van der Waals surface area (Å²) >= 11 is 5.82. The number of rotatable bonds is 10. The molecule has 172 valence electrons. The van der Waals surface area contributed by atoms with Crippen molar-refractivity contribution in [3.05, 3.63) is 83.2 Å². The number of alkyl halides is 1. The predicted molar refractivity (Wildman–Crippen MR) is 124 cm³/mol. The highest BCUT2D eigenvalue weighted by Gasteiger charge is 2.15. The van der Waals surface area contributed by atoms with Gasteiger partial charge in [-0.1, -0.05) is 6.07 Å². The van der Waals surface area contributed by atoms with Crippen LogP contribution in [0.4, 0.5) is 4.39 Å². The molecule has 0 atom stereocenters. The van der Waals surface area contributed by atoms with Crippen LogP contribution in [0.25, 0.3) is 11.8 Å². The van der Waals surface area contributed by atoms with Gasteiger partial charge in [0.25, 0.3) is 0 Å². The Bertz CT molecular complexity index is 1160. The molecule has 1 heterocycles. The summed E-state index contributed by atoms with van der Waals surface area (Å²) < 4.78 is 25.7. The van der Waals surface area contributed by atoms with Crippen LogP contribution in [-0.2, 0) is 9.53 Å². The summed E-state index contributed by atoms with van der Waals surface area (Å²) in [6.07, 6.45) is 6.23. The first-order valence-electron chi connectivity index (χ1n) is 10.3. The van der Waals surface area contributed by atoms with Gasteiger partial charge in [-0.25, -0.2) is 14.2 Å². The smallest absolute Gasteiger partial charge is 0.334 e. The van der Waals surface area contributed by atoms with Crippen molar-refractivity contribution in [2.75, 3.05) is 19.6 Å². The number of aryl methyl sites for hydroxylation is 1. The van der Waals surface area contributed by atoms with Gasteiger partial charge in [0.2, 0.25) is 0 Å². The van der Waals surface area contributed by atoms with Gasteiger partial charge in [-0.2, -0.15) is 0 Å². The number of nitrogens with zero attached hydrogens (tertiary/aromatic N) is 2. The molecular formula is C25H24ClFN2O4. The van der Waals surface area contributed by atoms with Crippen LogP contribution in [0, 0.1) is 12.7 Å². The molecular weight excluding hydrogens is 447 g/mol. The van der Waals surface area contributed by atoms with Crippen LogP contribution >= 0.6 is 11.6 Å². The van der Waals surface area contributed by atoms with E-state index in [1.165, 1.54) is 24.3 Å². The van der Waals surface area contributed by atoms with E-state index in [0.29, 0.717) is 30.0 Å². The van der Waals surface area contributed by atoms with E-state index in [1.54, 1.807) is 19.5 Å². The lowest BCUT2D eigenvalue weighted by molar-refractivity contribution is -0.138. The minimum atomic E-state index is -0.608. The van der Waals surface area contributed by atoms with Crippen molar-refractivity contribution in [1.82, 2.24) is 9.55 Å². The second kappa shape index (κ2) is 11.4. The molecule has 0 bridgehead atoms. The predicted octanol–water partition coefficient (Wildman–Crippen LogP) is 5.16. The number of ether oxygens (including phenoxy) is 2. The Morgan fingerprint density at radius 2 is 1.94 bits per heavy atom. The first kappa shape index (κ1) is 24.2. The second-order valence-corrected chi connectivity index (χ2v) is 7.70. The number of hydrogen-bond donors (Lipinski definition) is 0. The fourth-order valence-electron chi connectivity index (χ4n) is 3.18. The number of carbonyl (C=O) groups is 2. The number of esters is 1. The largest absolute Gasteiger partial charge is 0.495 e. The number of methoxy groups -OCH3 is 1. The zero-order valence-electron chi connectivity index (χ0n) is 18.4. The molecule has 0 N–H and O–H groups in total. The van der Waals surface area contributed by atoms with Crippen molar-refractivity contribution in [1.29, 1.82) is 0 Å². The van der Waals surface area contributed by atoms with Crippen molar-refractivity contribution >= 4 is 29.4 Å². The highest BCUT2D eigenvalue weighted by molar-refractivity contribution is 6.17. The number of imidazole rings is 1. The molecule has 8 heteroatoms. The van der Waals surface area contributed by atoms with Gasteiger partial charge in [0, 0.05) is 23.2 Å². The minimum absolute atomic E-state index is 0.269. The van der Waals surface area contributed by atoms with E-state index in [2.05, 4.69) is 4.98 Å². The van der Waals surface area contributed by atoms with Crippen molar-refractivity contribution in [2.45, 2.75) is 19.8 Å². The van der Waals surface area contributed by atoms with E-state index >= 15 is 0 Å². The summed E-state index contributed by atoms with van der Waals surface area (Å²) in [5.74, 6) is -0.482. The third kappa shape index (κ3) is 6.52. The van der Waals surface area contributed by atoms with E-state index in [9.17, 15) is 14.0 Å². The molecule has 0 aliphatic heterocycles. The van der Waals surface area contributed by atoms with Crippen molar-refractivity contribution < 1.29 is 23.5 Å². The van der Waals surface area contributed by atoms with Crippen molar-refractivity contribution in [3.63, 3.8) is 0 Å². The van der Waals surface area contributed by atoms with Gasteiger partial charge >= 0.3 is 5.97 Å². The fraction of sp³-hybridized carbons (Fsp3) is 0.240. The van der Waals surface area contributed by atoms with E-state index < -0.39 is 24.2 Å². The third-order valence-corrected chi connectivity index (χ3v) is 5.14. The molecule has 0 amide bonds. The fourth-order valence-corrected chi connectivity index (χ4v) is 3.32. The molecule has 3 aromatic rings. The van der Waals surface area contributed by atoms with Crippen LogP contribution in [0.2, 0.25) is 0 Å². The number of ketones is 1. The lowest BCUT2D eigenvalue weighted by atomic mass is 10.1. The van der Waals surface area contributed by atoms with Crippen LogP contribution in [0.5, 0.6) is 5.75 Å². The molecule has 6 nitrogen and oxygen atoms in total. The van der Waals surface area contributed by atoms with Gasteiger partial charge in [-0.15, -0.1) is 11.6 Å². The Balaban J connectivity index is 1.78. The molecule has 1 aromatic heterocycles. The molecule has 0 radical (unpaired) electrons. The Hall–Kier alpha value is -3.45. The average Bonchev–Trinajstić information content (AvgIpc) is 3.26. The molecule has 0 saturated carbocycles. The molecule has 0 aliphatic rings. The highest BCUT2D eigenvalue weighted by Crippen LogP contribution is 2.26. The Labute approximate surface area is 196 Å². The Morgan fingerprint density at radius 3 is 2.58 bits per heavy atom. The average molecular weight is 471 g/mol. The van der Waals surface area contributed by atoms with Gasteiger partial charge in [0.15, 0.2) is 12.4 Å². The standard InChI is InChI=1S/C25H24ClFN2O4/c1-17-14-29(16-28-17)22-10-5-18(13-24(22)32-2)12-20(4-3-11-26)25(31)33-15-23(30)19-6-8-21(27)9-7-19/h5-10,12-14,16H,3-4,11,15H2,1-2H3. The van der Waals surface area contributed by atoms with Crippen LogP contribution in [0.1, 0.15) is 34.5 Å². The maximum absolute atomic E-state index is 13.0. The first-order valence-corrected chi connectivity index (χ1v) is 10.9. The first-order chi connectivity index (χ1) is 15.9. The van der Waals surface area contributed by atoms with Crippen LogP contribution in [-0.4, -0.2) is 40.9 Å². The van der Waals surface area contributed by atoms with E-state index in [-0.39, 0.29) is 5.56 Å². The lowest BCUT2D eigenvalue weighted by Crippen LogP contribution is -2.16. The van der Waals surface area contributed by atoms with Crippen LogP contribution < -0.4 is 4.74 Å². The summed E-state index contributed by atoms with van der Waals surface area (Å²) in [5.41, 5.74) is 3.08. The summed E-state index contributed by atoms with van der Waals surface area (Å²) in [6.45, 7) is 1.46. The van der Waals surface area contributed by atoms with Gasteiger partial charge in [0.05, 0.1) is 24.8 Å². The number of hydrogen-bond acceptors (Lipinski definition) is 5. The molecule has 3 rings (SSSR count). The van der Waals surface area contributed by atoms with E-state index in [4.69, 9.17) is 21.1 Å². The number of benzene rings is 2. The van der Waals surface area contributed by atoms with Gasteiger partial charge in [-0.05, 0) is 67.8 Å². The number of halogens is 2. The molecule has 2 aromatic carbocycles. The third-order valence-electron chi connectivity index (χ3n) is 4.88. The number of aromatic nitrogens is 2. The normalized spacial score (nSPS) is 11.3. The minimum Gasteiger partial charge on any atom is -0.495 e. The Kier molecular flexibility index (Phi) is 8.38. The zero-order valence-corrected chi connectivity index (χ0v) is 19.1. The number of Topliss-reactive ketones (excluding diaryl/α,β-unsaturated/α-hetero) is 1. The van der Waals surface area contributed by atoms with E-state index in [1.807, 2.05) is 35.9 Å². The van der Waals surface area contributed by atoms with Crippen LogP contribution in [0.3, 0.4) is 0 Å². The number of carbonyl (C=O) groups excluding carboxylic acids is 2. The summed E-state index contributed by atoms with van der Waals surface area (Å²) in [5, 5.41) is 0. The molecule has 0 spiro atoms. The molecule has 0 aliphatic carbocycles. The van der Waals surface area contributed by atoms with Crippen molar-refractivity contribution in [2.24, 2.45) is 0 Å². The molecule has 33 heavy (non-hydrogen) atoms. The monoisotopic (exact) mass is 470 g/mol. The van der Waals surface area contributed by atoms with E-state index in [0.717, 1.165) is 16.9 Å². The SMILES string of the molecule is COc1cc(C=C(CCCCl)C(=O)OCC(=O)c2ccc(F)cc2)ccc1-n1cnc(C)c1. The molecule has 0 saturated heterocycles. The topological polar surface area (TPSA) is 70.4 Å². The summed E-state index contributed by atoms with van der Waals surface area (Å²) in [6, 6.07) is 10.6. The molecule has 0 fully saturated rings. The van der Waals surface area contributed by atoms with Gasteiger partial charge < -0.3 is 14.0 Å². The quantitative estimate of drug-likeness (QED) is 0.177. The van der Waals surface area contributed by atoms with Crippen LogP contribution in [0.15, 0.2) is 60.6 Å². The Morgan fingerprint density at radius 1 is 1.18 bits per heavy atom. The lowest BCUT2D eigenvalue weighted by Gasteiger charge is -2.11. The second-order valence-electron chi connectivity index (χ2n) is 7.32. The summed E-state index contributed by atoms with van der Waals surface area (Å²) in [7, 11) is 1.57. The zero-order chi connectivity index (χ0) is 23.8. The highest BCUT2D eigenvalue weighted by atomic mass is 35.5. The van der Waals surface area contributed by atoms with Gasteiger partial charge in [-0.3, -0.25) is 4.79 Å². The maximum Gasteiger partial charge on any atom is 0.334 e. The van der Waals surface area contributed by atoms with Crippen molar-refractivity contribution in [3.8, 4) is 11.4 Å². The maximum atomic E-state index is 13.0. The summed E-state index contributed by atoms with van der Waals surface area (Å²) in [4.78, 5) is 29.2. The van der Waals surface area contributed by atoms with Gasteiger partial charge in [0.1, 0.15) is 11.6 Å².